The van der Waals surface area contributed by atoms with Gasteiger partial charge in [0.05, 0.1) is 23.1 Å². The minimum absolute atomic E-state index is 0.180. The van der Waals surface area contributed by atoms with E-state index in [4.69, 9.17) is 10.5 Å². The predicted octanol–water partition coefficient (Wildman–Crippen LogP) is 1.76. The average Bonchev–Trinajstić information content (AvgIpc) is 3.01. The summed E-state index contributed by atoms with van der Waals surface area (Å²) >= 11 is 0.992. The molecule has 0 radical (unpaired) electrons. The molecule has 9 nitrogen and oxygen atoms in total. The number of H-pyrrole nitrogens is 1. The molecule has 29 heavy (non-hydrogen) atoms. The lowest BCUT2D eigenvalue weighted by Crippen LogP contribution is -2.42. The van der Waals surface area contributed by atoms with Crippen LogP contribution >= 0.6 is 11.3 Å². The number of nitrogens with zero attached hydrogens (tertiary/aromatic N) is 1. The van der Waals surface area contributed by atoms with Gasteiger partial charge in [-0.05, 0) is 31.0 Å². The van der Waals surface area contributed by atoms with Gasteiger partial charge in [-0.25, -0.2) is 9.36 Å². The van der Waals surface area contributed by atoms with E-state index in [1.54, 1.807) is 38.1 Å². The van der Waals surface area contributed by atoms with Crippen molar-refractivity contribution in [3.63, 3.8) is 0 Å². The molecule has 2 heterocycles. The maximum atomic E-state index is 13.0. The largest absolute Gasteiger partial charge is 0.495 e. The number of fused-ring (bicyclic) bond motifs is 1. The van der Waals surface area contributed by atoms with E-state index < -0.39 is 29.1 Å². The molecule has 0 fully saturated rings. The molecule has 2 amide bonds. The molecule has 0 bridgehead atoms. The van der Waals surface area contributed by atoms with Crippen LogP contribution in [0.4, 0.5) is 5.69 Å². The first-order valence-corrected chi connectivity index (χ1v) is 9.63. The summed E-state index contributed by atoms with van der Waals surface area (Å²) in [6.45, 7) is 3.27. The number of anilines is 1. The van der Waals surface area contributed by atoms with E-state index in [0.717, 1.165) is 15.9 Å². The second kappa shape index (κ2) is 7.92. The number of aromatic amines is 1. The van der Waals surface area contributed by atoms with Gasteiger partial charge in [-0.2, -0.15) is 0 Å². The van der Waals surface area contributed by atoms with E-state index in [0.29, 0.717) is 17.0 Å². The molecule has 1 atom stereocenters. The first-order valence-electron chi connectivity index (χ1n) is 8.81. The molecular weight excluding hydrogens is 396 g/mol. The fourth-order valence-corrected chi connectivity index (χ4v) is 4.25. The van der Waals surface area contributed by atoms with Gasteiger partial charge in [0, 0.05) is 0 Å². The number of benzene rings is 1. The zero-order valence-electron chi connectivity index (χ0n) is 16.1. The highest BCUT2D eigenvalue weighted by Gasteiger charge is 2.25. The topological polar surface area (TPSA) is 136 Å². The number of amides is 2. The zero-order valence-corrected chi connectivity index (χ0v) is 16.9. The van der Waals surface area contributed by atoms with Crippen molar-refractivity contribution in [2.75, 3.05) is 12.4 Å². The van der Waals surface area contributed by atoms with Crippen molar-refractivity contribution in [2.45, 2.75) is 26.3 Å². The van der Waals surface area contributed by atoms with Crippen LogP contribution in [0.1, 0.15) is 34.6 Å². The van der Waals surface area contributed by atoms with Crippen LogP contribution in [0.2, 0.25) is 0 Å². The van der Waals surface area contributed by atoms with E-state index in [2.05, 4.69) is 10.3 Å². The number of rotatable bonds is 6. The molecular formula is C19H20N4O5S. The quantitative estimate of drug-likeness (QED) is 0.562. The number of nitrogens with two attached hydrogens (primary N) is 1. The summed E-state index contributed by atoms with van der Waals surface area (Å²) in [5.41, 5.74) is 4.83. The summed E-state index contributed by atoms with van der Waals surface area (Å²) in [4.78, 5) is 53.0. The van der Waals surface area contributed by atoms with Crippen LogP contribution in [0.3, 0.4) is 0 Å². The van der Waals surface area contributed by atoms with Gasteiger partial charge in [0.1, 0.15) is 16.6 Å². The average molecular weight is 416 g/mol. The minimum atomic E-state index is -1.07. The molecule has 10 heteroatoms. The standard InChI is InChI=1S/C19H20N4O5S/c1-4-11(15(20)24)23-18(26)13-9(2)14(29-17(13)22-19(23)27)16(25)21-10-7-5-6-8-12(10)28-3/h5-8,11H,4H2,1-3H3,(H2,20,24)(H,21,25)(H,22,27). The first kappa shape index (κ1) is 20.3. The zero-order chi connectivity index (χ0) is 21.3. The van der Waals surface area contributed by atoms with Crippen LogP contribution in [-0.2, 0) is 4.79 Å². The number of hydrogen-bond donors (Lipinski definition) is 3. The van der Waals surface area contributed by atoms with Crippen molar-refractivity contribution >= 4 is 39.1 Å². The molecule has 3 aromatic rings. The number of primary amides is 1. The summed E-state index contributed by atoms with van der Waals surface area (Å²) in [6.07, 6.45) is 0.189. The van der Waals surface area contributed by atoms with Gasteiger partial charge in [-0.1, -0.05) is 19.1 Å². The molecule has 0 aliphatic rings. The van der Waals surface area contributed by atoms with Crippen molar-refractivity contribution in [3.05, 3.63) is 55.5 Å². The maximum absolute atomic E-state index is 13.0. The smallest absolute Gasteiger partial charge is 0.330 e. The second-order valence-corrected chi connectivity index (χ2v) is 7.37. The van der Waals surface area contributed by atoms with E-state index in [9.17, 15) is 19.2 Å². The van der Waals surface area contributed by atoms with Gasteiger partial charge in [-0.3, -0.25) is 19.4 Å². The Balaban J connectivity index is 2.12. The number of ether oxygens (including phenoxy) is 1. The van der Waals surface area contributed by atoms with Crippen LogP contribution in [0.25, 0.3) is 10.2 Å². The van der Waals surface area contributed by atoms with Gasteiger partial charge in [0.25, 0.3) is 11.5 Å². The van der Waals surface area contributed by atoms with Crippen LogP contribution in [-0.4, -0.2) is 28.5 Å². The normalized spacial score (nSPS) is 12.0. The highest BCUT2D eigenvalue weighted by molar-refractivity contribution is 7.20. The van der Waals surface area contributed by atoms with Gasteiger partial charge < -0.3 is 15.8 Å². The fourth-order valence-electron chi connectivity index (χ4n) is 3.17. The Bertz CT molecular complexity index is 1220. The van der Waals surface area contributed by atoms with Gasteiger partial charge in [0.2, 0.25) is 5.91 Å². The number of aryl methyl sites for hydroxylation is 1. The number of para-hydroxylation sites is 2. The lowest BCUT2D eigenvalue weighted by Gasteiger charge is -2.13. The van der Waals surface area contributed by atoms with Crippen LogP contribution in [0, 0.1) is 6.92 Å². The molecule has 4 N–H and O–H groups in total. The van der Waals surface area contributed by atoms with Gasteiger partial charge in [0.15, 0.2) is 0 Å². The third-order valence-electron chi connectivity index (χ3n) is 4.61. The number of hydrogen-bond acceptors (Lipinski definition) is 6. The molecule has 2 aromatic heterocycles. The molecule has 0 saturated carbocycles. The molecule has 0 aliphatic carbocycles. The SMILES string of the molecule is CCC(C(N)=O)n1c(=O)[nH]c2sc(C(=O)Nc3ccccc3OC)c(C)c2c1=O. The molecule has 1 aromatic carbocycles. The number of thiophene rings is 1. The van der Waals surface area contributed by atoms with E-state index in [1.807, 2.05) is 0 Å². The summed E-state index contributed by atoms with van der Waals surface area (Å²) in [5, 5.41) is 2.93. The summed E-state index contributed by atoms with van der Waals surface area (Å²) < 4.78 is 6.04. The Morgan fingerprint density at radius 3 is 2.62 bits per heavy atom. The van der Waals surface area contributed by atoms with Crippen LogP contribution in [0.5, 0.6) is 5.75 Å². The van der Waals surface area contributed by atoms with Gasteiger partial charge >= 0.3 is 5.69 Å². The van der Waals surface area contributed by atoms with Crippen molar-refractivity contribution in [3.8, 4) is 5.75 Å². The number of carbonyl (C=O) groups is 2. The summed E-state index contributed by atoms with van der Waals surface area (Å²) in [5.74, 6) is -0.731. The summed E-state index contributed by atoms with van der Waals surface area (Å²) in [7, 11) is 1.49. The number of carbonyl (C=O) groups excluding carboxylic acids is 2. The number of nitrogens with one attached hydrogen (secondary N) is 2. The van der Waals surface area contributed by atoms with E-state index >= 15 is 0 Å². The van der Waals surface area contributed by atoms with Crippen molar-refractivity contribution in [2.24, 2.45) is 5.73 Å². The van der Waals surface area contributed by atoms with Crippen molar-refractivity contribution in [1.82, 2.24) is 9.55 Å². The molecule has 3 rings (SSSR count). The number of aromatic nitrogens is 2. The lowest BCUT2D eigenvalue weighted by atomic mass is 10.1. The Labute approximate surface area is 169 Å². The first-order chi connectivity index (χ1) is 13.8. The molecule has 0 saturated heterocycles. The Hall–Kier alpha value is -3.40. The lowest BCUT2D eigenvalue weighted by molar-refractivity contribution is -0.121. The Morgan fingerprint density at radius 1 is 1.31 bits per heavy atom. The third kappa shape index (κ3) is 3.54. The molecule has 0 spiro atoms. The highest BCUT2D eigenvalue weighted by atomic mass is 32.1. The van der Waals surface area contributed by atoms with Crippen molar-refractivity contribution < 1.29 is 14.3 Å². The third-order valence-corrected chi connectivity index (χ3v) is 5.81. The van der Waals surface area contributed by atoms with E-state index in [1.165, 1.54) is 7.11 Å². The van der Waals surface area contributed by atoms with Crippen LogP contribution in [0.15, 0.2) is 33.9 Å². The maximum Gasteiger partial charge on any atom is 0.330 e. The molecule has 152 valence electrons. The summed E-state index contributed by atoms with van der Waals surface area (Å²) in [6, 6.07) is 5.85. The number of methoxy groups -OCH3 is 1. The molecule has 0 aliphatic heterocycles. The second-order valence-electron chi connectivity index (χ2n) is 6.35. The highest BCUT2D eigenvalue weighted by Crippen LogP contribution is 2.29. The Kier molecular flexibility index (Phi) is 5.55. The van der Waals surface area contributed by atoms with Crippen molar-refractivity contribution in [1.29, 1.82) is 0 Å². The van der Waals surface area contributed by atoms with Crippen LogP contribution < -0.4 is 27.0 Å². The van der Waals surface area contributed by atoms with E-state index in [-0.39, 0.29) is 21.5 Å². The molecule has 1 unspecified atom stereocenters. The monoisotopic (exact) mass is 416 g/mol. The fraction of sp³-hybridized carbons (Fsp3) is 0.263. The minimum Gasteiger partial charge on any atom is -0.495 e. The predicted molar refractivity (Wildman–Crippen MR) is 111 cm³/mol. The Morgan fingerprint density at radius 2 is 2.00 bits per heavy atom. The van der Waals surface area contributed by atoms with Gasteiger partial charge in [-0.15, -0.1) is 11.3 Å².